The first-order chi connectivity index (χ1) is 14.3. The summed E-state index contributed by atoms with van der Waals surface area (Å²) in [7, 11) is 0. The topological polar surface area (TPSA) is 84.6 Å². The van der Waals surface area contributed by atoms with E-state index < -0.39 is 5.60 Å². The highest BCUT2D eigenvalue weighted by atomic mass is 35.5. The molecule has 4 heterocycles. The Morgan fingerprint density at radius 2 is 2.10 bits per heavy atom. The van der Waals surface area contributed by atoms with E-state index in [1.54, 1.807) is 34.2 Å². The number of likely N-dealkylation sites (tertiary alicyclic amines) is 1. The molecule has 1 N–H and O–H groups in total. The van der Waals surface area contributed by atoms with E-state index in [0.29, 0.717) is 23.9 Å². The largest absolute Gasteiger partial charge is 0.444 e. The zero-order chi connectivity index (χ0) is 21.3. The number of ether oxygens (including phenoxy) is 1. The third-order valence-electron chi connectivity index (χ3n) is 4.82. The minimum atomic E-state index is -0.504. The normalized spacial score (nSPS) is 17.2. The first kappa shape index (κ1) is 20.4. The number of piperidine rings is 1. The van der Waals surface area contributed by atoms with Crippen LogP contribution >= 0.6 is 11.6 Å². The second-order valence-electron chi connectivity index (χ2n) is 8.43. The number of amides is 1. The van der Waals surface area contributed by atoms with Crippen molar-refractivity contribution in [2.24, 2.45) is 0 Å². The Bertz CT molecular complexity index is 1060. The van der Waals surface area contributed by atoms with E-state index in [-0.39, 0.29) is 12.1 Å². The first-order valence-corrected chi connectivity index (χ1v) is 10.4. The van der Waals surface area contributed by atoms with Crippen molar-refractivity contribution in [2.75, 3.05) is 18.4 Å². The molecule has 8 nitrogen and oxygen atoms in total. The van der Waals surface area contributed by atoms with E-state index in [1.165, 1.54) is 0 Å². The van der Waals surface area contributed by atoms with Gasteiger partial charge in [0.1, 0.15) is 11.4 Å². The molecule has 3 aromatic heterocycles. The second-order valence-corrected chi connectivity index (χ2v) is 8.87. The minimum Gasteiger partial charge on any atom is -0.444 e. The fourth-order valence-electron chi connectivity index (χ4n) is 3.52. The highest BCUT2D eigenvalue weighted by Crippen LogP contribution is 2.25. The molecular weight excluding hydrogens is 404 g/mol. The Hall–Kier alpha value is -2.87. The Labute approximate surface area is 180 Å². The molecule has 0 aliphatic carbocycles. The van der Waals surface area contributed by atoms with Crippen molar-refractivity contribution in [3.05, 3.63) is 41.9 Å². The maximum Gasteiger partial charge on any atom is 0.410 e. The predicted octanol–water partition coefficient (Wildman–Crippen LogP) is 4.26. The summed E-state index contributed by atoms with van der Waals surface area (Å²) in [6.07, 6.45) is 8.48. The quantitative estimate of drug-likeness (QED) is 0.671. The molecule has 1 atom stereocenters. The smallest absolute Gasteiger partial charge is 0.410 e. The van der Waals surface area contributed by atoms with Gasteiger partial charge in [0.2, 0.25) is 0 Å². The van der Waals surface area contributed by atoms with E-state index in [4.69, 9.17) is 21.3 Å². The van der Waals surface area contributed by atoms with Crippen molar-refractivity contribution < 1.29 is 9.53 Å². The van der Waals surface area contributed by atoms with Gasteiger partial charge in [-0.25, -0.2) is 14.3 Å². The Morgan fingerprint density at radius 1 is 1.27 bits per heavy atom. The number of rotatable bonds is 3. The molecule has 1 aliphatic heterocycles. The molecule has 0 bridgehead atoms. The third kappa shape index (κ3) is 4.64. The summed E-state index contributed by atoms with van der Waals surface area (Å²) in [5, 5.41) is 8.38. The molecule has 3 aromatic rings. The minimum absolute atomic E-state index is 0.0820. The van der Waals surface area contributed by atoms with Gasteiger partial charge in [-0.2, -0.15) is 5.10 Å². The predicted molar refractivity (Wildman–Crippen MR) is 116 cm³/mol. The van der Waals surface area contributed by atoms with E-state index in [2.05, 4.69) is 15.4 Å². The lowest BCUT2D eigenvalue weighted by molar-refractivity contribution is 0.0206. The molecule has 0 radical (unpaired) electrons. The number of nitrogens with one attached hydrogen (secondary N) is 1. The molecular formula is C21H25ClN6O2. The van der Waals surface area contributed by atoms with Crippen molar-refractivity contribution >= 4 is 29.0 Å². The van der Waals surface area contributed by atoms with E-state index >= 15 is 0 Å². The van der Waals surface area contributed by atoms with E-state index in [9.17, 15) is 4.79 Å². The van der Waals surface area contributed by atoms with Crippen LogP contribution in [0.25, 0.3) is 16.8 Å². The number of pyridine rings is 1. The molecule has 1 saturated heterocycles. The number of nitrogens with zero attached hydrogens (tertiary/aromatic N) is 5. The van der Waals surface area contributed by atoms with Crippen LogP contribution in [0.5, 0.6) is 0 Å². The molecule has 0 spiro atoms. The lowest BCUT2D eigenvalue weighted by Crippen LogP contribution is -2.47. The van der Waals surface area contributed by atoms with Crippen molar-refractivity contribution in [3.63, 3.8) is 0 Å². The Morgan fingerprint density at radius 3 is 2.90 bits per heavy atom. The van der Waals surface area contributed by atoms with Crippen molar-refractivity contribution in [1.82, 2.24) is 24.5 Å². The fraction of sp³-hybridized carbons (Fsp3) is 0.429. The monoisotopic (exact) mass is 428 g/mol. The molecule has 1 unspecified atom stereocenters. The van der Waals surface area contributed by atoms with Gasteiger partial charge in [0.25, 0.3) is 0 Å². The number of anilines is 1. The summed E-state index contributed by atoms with van der Waals surface area (Å²) >= 11 is 6.04. The molecule has 4 rings (SSSR count). The standard InChI is InChI=1S/C21H25ClN6O2/c1-21(2,3)30-20(29)27-8-4-5-15(13-27)25-19-11-23-10-17(26-19)16-9-24-28-12-14(22)6-7-18(16)28/h6-7,9-12,15H,4-5,8,13H2,1-3H3,(H,25,26). The number of fused-ring (bicyclic) bond motifs is 1. The van der Waals surface area contributed by atoms with Crippen LogP contribution in [-0.2, 0) is 4.74 Å². The molecule has 0 aromatic carbocycles. The summed E-state index contributed by atoms with van der Waals surface area (Å²) in [6.45, 7) is 6.89. The average molecular weight is 429 g/mol. The Balaban J connectivity index is 1.48. The lowest BCUT2D eigenvalue weighted by atomic mass is 10.1. The van der Waals surface area contributed by atoms with Crippen LogP contribution in [0, 0.1) is 0 Å². The molecule has 1 aliphatic rings. The van der Waals surface area contributed by atoms with Crippen LogP contribution < -0.4 is 5.32 Å². The summed E-state index contributed by atoms with van der Waals surface area (Å²) in [4.78, 5) is 23.2. The van der Waals surface area contributed by atoms with Gasteiger partial charge >= 0.3 is 6.09 Å². The molecule has 1 amide bonds. The second kappa shape index (κ2) is 8.10. The summed E-state index contributed by atoms with van der Waals surface area (Å²) in [6, 6.07) is 3.82. The van der Waals surface area contributed by atoms with Crippen molar-refractivity contribution in [2.45, 2.75) is 45.3 Å². The van der Waals surface area contributed by atoms with Gasteiger partial charge in [0, 0.05) is 30.9 Å². The van der Waals surface area contributed by atoms with Crippen molar-refractivity contribution in [3.8, 4) is 11.3 Å². The van der Waals surface area contributed by atoms with Crippen molar-refractivity contribution in [1.29, 1.82) is 0 Å². The number of halogens is 1. The van der Waals surface area contributed by atoms with E-state index in [1.807, 2.05) is 32.9 Å². The Kier molecular flexibility index (Phi) is 5.51. The number of hydrogen-bond acceptors (Lipinski definition) is 6. The first-order valence-electron chi connectivity index (χ1n) is 9.98. The van der Waals surface area contributed by atoms with Gasteiger partial charge in [-0.15, -0.1) is 0 Å². The molecule has 1 fully saturated rings. The van der Waals surface area contributed by atoms with Gasteiger partial charge < -0.3 is 15.0 Å². The highest BCUT2D eigenvalue weighted by Gasteiger charge is 2.27. The number of aromatic nitrogens is 4. The van der Waals surface area contributed by atoms with E-state index in [0.717, 1.165) is 29.6 Å². The van der Waals surface area contributed by atoms with Crippen LogP contribution in [0.2, 0.25) is 5.02 Å². The van der Waals surface area contributed by atoms with Gasteiger partial charge in [0.05, 0.1) is 34.8 Å². The average Bonchev–Trinajstić information content (AvgIpc) is 3.10. The maximum absolute atomic E-state index is 12.4. The van der Waals surface area contributed by atoms with Crippen LogP contribution in [0.1, 0.15) is 33.6 Å². The third-order valence-corrected chi connectivity index (χ3v) is 5.04. The van der Waals surface area contributed by atoms with Crippen LogP contribution in [0.4, 0.5) is 10.6 Å². The zero-order valence-corrected chi connectivity index (χ0v) is 18.1. The summed E-state index contributed by atoms with van der Waals surface area (Å²) < 4.78 is 7.23. The molecule has 0 saturated carbocycles. The number of hydrogen-bond donors (Lipinski definition) is 1. The zero-order valence-electron chi connectivity index (χ0n) is 17.3. The van der Waals surface area contributed by atoms with Crippen LogP contribution in [0.3, 0.4) is 0 Å². The van der Waals surface area contributed by atoms with Gasteiger partial charge in [-0.3, -0.25) is 4.98 Å². The van der Waals surface area contributed by atoms with Gasteiger partial charge in [-0.05, 0) is 45.7 Å². The fourth-order valence-corrected chi connectivity index (χ4v) is 3.67. The SMILES string of the molecule is CC(C)(C)OC(=O)N1CCCC(Nc2cncc(-c3cnn4cc(Cl)ccc34)n2)C1. The molecule has 158 valence electrons. The lowest BCUT2D eigenvalue weighted by Gasteiger charge is -2.34. The van der Waals surface area contributed by atoms with Crippen LogP contribution in [-0.4, -0.2) is 55.3 Å². The van der Waals surface area contributed by atoms with Gasteiger partial charge in [-0.1, -0.05) is 11.6 Å². The number of carbonyl (C=O) groups is 1. The maximum atomic E-state index is 12.4. The van der Waals surface area contributed by atoms with Crippen LogP contribution in [0.15, 0.2) is 36.9 Å². The molecule has 9 heteroatoms. The van der Waals surface area contributed by atoms with Gasteiger partial charge in [0.15, 0.2) is 0 Å². The summed E-state index contributed by atoms with van der Waals surface area (Å²) in [5.41, 5.74) is 1.99. The molecule has 30 heavy (non-hydrogen) atoms. The summed E-state index contributed by atoms with van der Waals surface area (Å²) in [5.74, 6) is 0.664. The highest BCUT2D eigenvalue weighted by molar-refractivity contribution is 6.30. The number of carbonyl (C=O) groups excluding carboxylic acids is 1.